The first-order valence-corrected chi connectivity index (χ1v) is 32.7. The van der Waals surface area contributed by atoms with E-state index in [2.05, 4.69) is 61.8 Å². The SMILES string of the molecule is CC(Nc1nc(NCCc2cc(C(C)(C)C)c([O-])c(C(C)(C)C)c2)nc(Nc2ccc(/C=C/c3ccc(Nc4nc(NCCc5cc(C(C)(C)C)c([O-])c(C(C)(C)C)c5)nc(NC(C)c5ccccc5)n4)cc3S(=O)(=O)O)c(S(=O)(=O)O)c2)n1)c1ccccc1.[Na+].[Na+]. The zero-order valence-electron chi connectivity index (χ0n) is 55.5. The number of benzene rings is 6. The summed E-state index contributed by atoms with van der Waals surface area (Å²) in [5.74, 6) is 0.916. The minimum Gasteiger partial charge on any atom is -0.872 e. The molecule has 0 saturated carbocycles. The molecule has 2 aromatic heterocycles. The Morgan fingerprint density at radius 1 is 0.435 bits per heavy atom. The molecule has 2 heterocycles. The molecule has 0 aliphatic heterocycles. The molecule has 2 unspecified atom stereocenters. The van der Waals surface area contributed by atoms with Crippen LogP contribution >= 0.6 is 0 Å². The summed E-state index contributed by atoms with van der Waals surface area (Å²) >= 11 is 0. The number of aromatic nitrogens is 6. The van der Waals surface area contributed by atoms with Crippen molar-refractivity contribution in [2.45, 2.75) is 153 Å². The Labute approximate surface area is 586 Å². The molecule has 476 valence electrons. The average molecular weight is 1310 g/mol. The van der Waals surface area contributed by atoms with Gasteiger partial charge in [-0.3, -0.25) is 9.11 Å². The van der Waals surface area contributed by atoms with Crippen LogP contribution in [0.4, 0.5) is 47.1 Å². The van der Waals surface area contributed by atoms with Crippen molar-refractivity contribution >= 4 is 79.5 Å². The number of hydrogen-bond donors (Lipinski definition) is 8. The van der Waals surface area contributed by atoms with Crippen LogP contribution in [0.1, 0.15) is 165 Å². The monoisotopic (exact) mass is 1300 g/mol. The van der Waals surface area contributed by atoms with E-state index in [0.717, 1.165) is 44.5 Å². The van der Waals surface area contributed by atoms with E-state index < -0.39 is 30.0 Å². The molecule has 0 spiro atoms. The summed E-state index contributed by atoms with van der Waals surface area (Å²) in [5.41, 5.74) is 5.55. The quantitative estimate of drug-likeness (QED) is 0.0189. The number of rotatable bonds is 22. The predicted molar refractivity (Wildman–Crippen MR) is 356 cm³/mol. The van der Waals surface area contributed by atoms with Crippen molar-refractivity contribution in [1.29, 1.82) is 0 Å². The average Bonchev–Trinajstić information content (AvgIpc) is 0.855. The van der Waals surface area contributed by atoms with E-state index in [1.807, 2.05) is 182 Å². The fraction of sp³-hybridized carbons (Fsp3) is 0.353. The van der Waals surface area contributed by atoms with Crippen LogP contribution in [0.3, 0.4) is 0 Å². The smallest absolute Gasteiger partial charge is 0.872 e. The van der Waals surface area contributed by atoms with Gasteiger partial charge in [-0.15, -0.1) is 11.5 Å². The van der Waals surface area contributed by atoms with Crippen LogP contribution in [0.25, 0.3) is 12.2 Å². The van der Waals surface area contributed by atoms with Crippen molar-refractivity contribution in [3.8, 4) is 11.5 Å². The number of nitrogens with one attached hydrogen (secondary N) is 6. The molecule has 6 aromatic carbocycles. The molecule has 8 rings (SSSR count). The van der Waals surface area contributed by atoms with Crippen LogP contribution < -0.4 is 101 Å². The Kier molecular flexibility index (Phi) is 24.4. The molecule has 92 heavy (non-hydrogen) atoms. The third kappa shape index (κ3) is 19.9. The van der Waals surface area contributed by atoms with E-state index in [1.54, 1.807) is 0 Å². The summed E-state index contributed by atoms with van der Waals surface area (Å²) in [6, 6.07) is 34.9. The van der Waals surface area contributed by atoms with E-state index in [-0.39, 0.29) is 163 Å². The van der Waals surface area contributed by atoms with Gasteiger partial charge in [0.2, 0.25) is 35.7 Å². The van der Waals surface area contributed by atoms with Crippen molar-refractivity contribution in [3.05, 3.63) is 177 Å². The molecule has 2 atom stereocenters. The van der Waals surface area contributed by atoms with Gasteiger partial charge in [-0.1, -0.05) is 192 Å². The molecule has 20 nitrogen and oxygen atoms in total. The second-order valence-corrected chi connectivity index (χ2v) is 29.4. The second-order valence-electron chi connectivity index (χ2n) is 26.6. The Bertz CT molecular complexity index is 3820. The zero-order chi connectivity index (χ0) is 65.7. The van der Waals surface area contributed by atoms with Gasteiger partial charge in [-0.25, -0.2) is 0 Å². The number of anilines is 8. The Hall–Kier alpha value is -6.70. The summed E-state index contributed by atoms with van der Waals surface area (Å²) in [6.07, 6.45) is 3.64. The standard InChI is InChI=1S/C68H84N12O8S2.2Na/c1-41(45-21-17-15-18-22-45)71-61-75-59(69-33-31-43-35-51(65(3,4)5)57(81)52(36-43)66(6,7)8)77-63(79-61)73-49-29-27-47(55(39-49)89(83,84)85)25-26-48-28-30-50(40-56(48)90(86,87)88)74-64-78-60(76-62(80-64)72-42(2)46-23-19-16-20-24-46)70-34-32-44-37-53(67(9,10)11)58(82)54(38-44)68(12,13)14;;/h15-30,35-42,81-82H,31-34H2,1-14H3,(H,83,84,85)(H,86,87,88)(H3,69,71,73,75,77,79)(H3,70,72,74,76,78,80);;/q;2*+1/p-2/b26-25+;;. The van der Waals surface area contributed by atoms with Crippen LogP contribution in [0.15, 0.2) is 131 Å². The summed E-state index contributed by atoms with van der Waals surface area (Å²) in [6.45, 7) is 28.9. The summed E-state index contributed by atoms with van der Waals surface area (Å²) in [4.78, 5) is 26.8. The molecule has 0 saturated heterocycles. The van der Waals surface area contributed by atoms with Gasteiger partial charge >= 0.3 is 59.1 Å². The van der Waals surface area contributed by atoms with Crippen molar-refractivity contribution in [3.63, 3.8) is 0 Å². The topological polar surface area (TPSA) is 304 Å². The van der Waals surface area contributed by atoms with Gasteiger partial charge in [0.25, 0.3) is 20.2 Å². The Morgan fingerprint density at radius 2 is 0.728 bits per heavy atom. The van der Waals surface area contributed by atoms with Gasteiger partial charge in [-0.05, 0) is 128 Å². The number of nitrogens with zero attached hydrogens (tertiary/aromatic N) is 6. The van der Waals surface area contributed by atoms with Crippen LogP contribution in [0, 0.1) is 0 Å². The Morgan fingerprint density at radius 3 is 1.02 bits per heavy atom. The maximum atomic E-state index is 13.6. The van der Waals surface area contributed by atoms with Crippen molar-refractivity contribution < 1.29 is 95.3 Å². The fourth-order valence-corrected chi connectivity index (χ4v) is 11.5. The minimum absolute atomic E-state index is 0. The normalized spacial score (nSPS) is 12.9. The van der Waals surface area contributed by atoms with Gasteiger partial charge in [0.05, 0.1) is 12.1 Å². The number of hydrogen-bond acceptors (Lipinski definition) is 18. The van der Waals surface area contributed by atoms with Gasteiger partial charge in [0.1, 0.15) is 9.79 Å². The van der Waals surface area contributed by atoms with Gasteiger partial charge in [0, 0.05) is 24.5 Å². The molecule has 0 bridgehead atoms. The van der Waals surface area contributed by atoms with Gasteiger partial charge in [0.15, 0.2) is 0 Å². The minimum atomic E-state index is -4.94. The second kappa shape index (κ2) is 30.1. The van der Waals surface area contributed by atoms with E-state index in [4.69, 9.17) is 0 Å². The van der Waals surface area contributed by atoms with Crippen molar-refractivity contribution in [1.82, 2.24) is 29.9 Å². The molecule has 8 aromatic rings. The van der Waals surface area contributed by atoms with Crippen LogP contribution in [-0.2, 0) is 54.7 Å². The summed E-state index contributed by atoms with van der Waals surface area (Å²) in [7, 11) is -9.87. The molecule has 0 radical (unpaired) electrons. The summed E-state index contributed by atoms with van der Waals surface area (Å²) in [5, 5.41) is 46.6. The van der Waals surface area contributed by atoms with E-state index >= 15 is 0 Å². The molecule has 8 N–H and O–H groups in total. The van der Waals surface area contributed by atoms with Crippen LogP contribution in [0.2, 0.25) is 0 Å². The fourth-order valence-electron chi connectivity index (χ4n) is 10.1. The van der Waals surface area contributed by atoms with E-state index in [9.17, 15) is 36.2 Å². The summed E-state index contributed by atoms with van der Waals surface area (Å²) < 4.78 is 73.7. The third-order valence-corrected chi connectivity index (χ3v) is 16.8. The van der Waals surface area contributed by atoms with Crippen molar-refractivity contribution in [2.24, 2.45) is 0 Å². The third-order valence-electron chi connectivity index (χ3n) is 15.0. The molecule has 24 heteroatoms. The van der Waals surface area contributed by atoms with Crippen LogP contribution in [0.5, 0.6) is 11.5 Å². The molecule has 0 fully saturated rings. The first-order valence-electron chi connectivity index (χ1n) is 29.8. The molecule has 0 aliphatic rings. The van der Waals surface area contributed by atoms with E-state index in [0.29, 0.717) is 25.9 Å². The predicted octanol–water partition coefficient (Wildman–Crippen LogP) is 7.21. The first kappa shape index (κ1) is 74.3. The molecule has 0 amide bonds. The molecular formula is C68H82N12Na2O8S2. The van der Waals surface area contributed by atoms with Gasteiger partial charge in [-0.2, -0.15) is 46.7 Å². The first-order chi connectivity index (χ1) is 42.0. The van der Waals surface area contributed by atoms with Crippen LogP contribution in [-0.4, -0.2) is 68.9 Å². The molecular weight excluding hydrogens is 1220 g/mol. The van der Waals surface area contributed by atoms with Gasteiger partial charge < -0.3 is 42.1 Å². The van der Waals surface area contributed by atoms with Crippen molar-refractivity contribution in [2.75, 3.05) is 45.0 Å². The largest absolute Gasteiger partial charge is 1.00 e. The Balaban J connectivity index is 0.00000672. The maximum Gasteiger partial charge on any atom is 1.00 e. The molecule has 0 aliphatic carbocycles. The zero-order valence-corrected chi connectivity index (χ0v) is 61.2. The van der Waals surface area contributed by atoms with E-state index in [1.165, 1.54) is 48.6 Å². The maximum absolute atomic E-state index is 13.6.